The predicted octanol–water partition coefficient (Wildman–Crippen LogP) is 1.81. The summed E-state index contributed by atoms with van der Waals surface area (Å²) in [7, 11) is 0. The van der Waals surface area contributed by atoms with Crippen LogP contribution >= 0.6 is 0 Å². The van der Waals surface area contributed by atoms with Crippen molar-refractivity contribution in [3.8, 4) is 0 Å². The highest BCUT2D eigenvalue weighted by molar-refractivity contribution is 5.69. The number of β-amino-alcohol motifs (C(OH)–C–C–N with tert-alkyl or cyclic N) is 1. The van der Waals surface area contributed by atoms with E-state index in [1.165, 1.54) is 25.7 Å². The smallest absolute Gasteiger partial charge is 0.308 e. The summed E-state index contributed by atoms with van der Waals surface area (Å²) in [4.78, 5) is 13.5. The first kappa shape index (κ1) is 15.4. The third-order valence-electron chi connectivity index (χ3n) is 3.58. The molecule has 0 aliphatic carbocycles. The van der Waals surface area contributed by atoms with Gasteiger partial charge in [0, 0.05) is 6.54 Å². The van der Waals surface area contributed by atoms with Gasteiger partial charge in [-0.05, 0) is 38.8 Å². The summed E-state index contributed by atoms with van der Waals surface area (Å²) in [6, 6.07) is 0. The highest BCUT2D eigenvalue weighted by Gasteiger charge is 2.21. The zero-order valence-corrected chi connectivity index (χ0v) is 11.7. The van der Waals surface area contributed by atoms with E-state index in [-0.39, 0.29) is 12.4 Å². The Morgan fingerprint density at radius 1 is 1.39 bits per heavy atom. The molecular formula is C14H27NO3. The molecule has 4 nitrogen and oxygen atoms in total. The second-order valence-electron chi connectivity index (χ2n) is 5.20. The lowest BCUT2D eigenvalue weighted by Crippen LogP contribution is -2.39. The standard InChI is InChI=1S/C14H27NO3/c1-3-5-12-6-8-15(9-7-12)11-13(16)10-14(17)18-4-2/h12-13,16H,3-11H2,1-2H3. The van der Waals surface area contributed by atoms with Crippen molar-refractivity contribution in [2.24, 2.45) is 5.92 Å². The van der Waals surface area contributed by atoms with Gasteiger partial charge >= 0.3 is 5.97 Å². The van der Waals surface area contributed by atoms with Gasteiger partial charge in [0.15, 0.2) is 0 Å². The summed E-state index contributed by atoms with van der Waals surface area (Å²) in [5.74, 6) is 0.555. The molecular weight excluding hydrogens is 230 g/mol. The molecule has 0 amide bonds. The Hall–Kier alpha value is -0.610. The number of nitrogens with zero attached hydrogens (tertiary/aromatic N) is 1. The van der Waals surface area contributed by atoms with E-state index in [1.54, 1.807) is 6.92 Å². The van der Waals surface area contributed by atoms with E-state index < -0.39 is 6.10 Å². The summed E-state index contributed by atoms with van der Waals surface area (Å²) in [5, 5.41) is 9.83. The lowest BCUT2D eigenvalue weighted by molar-refractivity contribution is -0.145. The number of rotatable bonds is 7. The third kappa shape index (κ3) is 5.83. The van der Waals surface area contributed by atoms with E-state index in [2.05, 4.69) is 11.8 Å². The average Bonchev–Trinajstić information content (AvgIpc) is 2.32. The molecule has 1 N–H and O–H groups in total. The molecule has 1 heterocycles. The summed E-state index contributed by atoms with van der Waals surface area (Å²) in [6.45, 7) is 7.08. The number of likely N-dealkylation sites (tertiary alicyclic amines) is 1. The summed E-state index contributed by atoms with van der Waals surface area (Å²) in [5.41, 5.74) is 0. The molecule has 0 saturated carbocycles. The third-order valence-corrected chi connectivity index (χ3v) is 3.58. The predicted molar refractivity (Wildman–Crippen MR) is 71.3 cm³/mol. The first-order chi connectivity index (χ1) is 8.65. The number of aliphatic hydroxyl groups is 1. The van der Waals surface area contributed by atoms with Gasteiger partial charge in [-0.3, -0.25) is 4.79 Å². The molecule has 0 bridgehead atoms. The molecule has 1 fully saturated rings. The zero-order chi connectivity index (χ0) is 13.4. The van der Waals surface area contributed by atoms with E-state index in [0.29, 0.717) is 13.2 Å². The van der Waals surface area contributed by atoms with Gasteiger partial charge in [-0.1, -0.05) is 19.8 Å². The largest absolute Gasteiger partial charge is 0.466 e. The summed E-state index contributed by atoms with van der Waals surface area (Å²) in [6.07, 6.45) is 4.55. The van der Waals surface area contributed by atoms with Gasteiger partial charge in [-0.2, -0.15) is 0 Å². The minimum absolute atomic E-state index is 0.114. The van der Waals surface area contributed by atoms with Crippen LogP contribution in [0.2, 0.25) is 0 Å². The Morgan fingerprint density at radius 3 is 2.61 bits per heavy atom. The van der Waals surface area contributed by atoms with Crippen LogP contribution < -0.4 is 0 Å². The molecule has 0 aromatic heterocycles. The molecule has 0 spiro atoms. The van der Waals surface area contributed by atoms with Crippen molar-refractivity contribution in [3.05, 3.63) is 0 Å². The van der Waals surface area contributed by atoms with Gasteiger partial charge < -0.3 is 14.7 Å². The number of esters is 1. The first-order valence-electron chi connectivity index (χ1n) is 7.21. The SMILES string of the molecule is CCCC1CCN(CC(O)CC(=O)OCC)CC1. The minimum Gasteiger partial charge on any atom is -0.466 e. The van der Waals surface area contributed by atoms with Crippen molar-refractivity contribution < 1.29 is 14.6 Å². The topological polar surface area (TPSA) is 49.8 Å². The molecule has 1 unspecified atom stereocenters. The van der Waals surface area contributed by atoms with Crippen LogP contribution in [0.25, 0.3) is 0 Å². The molecule has 0 aromatic carbocycles. The minimum atomic E-state index is -0.591. The van der Waals surface area contributed by atoms with Crippen LogP contribution in [-0.4, -0.2) is 48.3 Å². The molecule has 0 radical (unpaired) electrons. The lowest BCUT2D eigenvalue weighted by Gasteiger charge is -2.32. The van der Waals surface area contributed by atoms with Crippen molar-refractivity contribution >= 4 is 5.97 Å². The average molecular weight is 257 g/mol. The fourth-order valence-electron chi connectivity index (χ4n) is 2.64. The number of carbonyl (C=O) groups is 1. The summed E-state index contributed by atoms with van der Waals surface area (Å²) < 4.78 is 4.83. The number of ether oxygens (including phenoxy) is 1. The molecule has 1 aliphatic heterocycles. The second kappa shape index (κ2) is 8.48. The van der Waals surface area contributed by atoms with E-state index in [9.17, 15) is 9.90 Å². The van der Waals surface area contributed by atoms with Gasteiger partial charge in [0.1, 0.15) is 0 Å². The van der Waals surface area contributed by atoms with Crippen molar-refractivity contribution in [1.82, 2.24) is 4.90 Å². The highest BCUT2D eigenvalue weighted by atomic mass is 16.5. The normalized spacial score (nSPS) is 19.7. The molecule has 1 atom stereocenters. The second-order valence-corrected chi connectivity index (χ2v) is 5.20. The quantitative estimate of drug-likeness (QED) is 0.707. The van der Waals surface area contributed by atoms with Crippen LogP contribution in [0.1, 0.15) is 46.0 Å². The first-order valence-corrected chi connectivity index (χ1v) is 7.21. The fraction of sp³-hybridized carbons (Fsp3) is 0.929. The van der Waals surface area contributed by atoms with Crippen LogP contribution in [0.5, 0.6) is 0 Å². The maximum absolute atomic E-state index is 11.2. The molecule has 106 valence electrons. The van der Waals surface area contributed by atoms with E-state index in [0.717, 1.165) is 19.0 Å². The van der Waals surface area contributed by atoms with Crippen LogP contribution in [0.3, 0.4) is 0 Å². The van der Waals surface area contributed by atoms with Crippen molar-refractivity contribution in [3.63, 3.8) is 0 Å². The van der Waals surface area contributed by atoms with E-state index in [1.807, 2.05) is 0 Å². The van der Waals surface area contributed by atoms with Crippen molar-refractivity contribution in [2.45, 2.75) is 52.1 Å². The van der Waals surface area contributed by atoms with Gasteiger partial charge in [0.05, 0.1) is 19.1 Å². The van der Waals surface area contributed by atoms with Gasteiger partial charge in [-0.25, -0.2) is 0 Å². The zero-order valence-electron chi connectivity index (χ0n) is 11.7. The van der Waals surface area contributed by atoms with Gasteiger partial charge in [0.25, 0.3) is 0 Å². The van der Waals surface area contributed by atoms with Crippen LogP contribution in [0.15, 0.2) is 0 Å². The Bertz CT molecular complexity index is 237. The van der Waals surface area contributed by atoms with Crippen LogP contribution in [0.4, 0.5) is 0 Å². The fourth-order valence-corrected chi connectivity index (χ4v) is 2.64. The Balaban J connectivity index is 2.17. The molecule has 4 heteroatoms. The van der Waals surface area contributed by atoms with E-state index in [4.69, 9.17) is 4.74 Å². The van der Waals surface area contributed by atoms with Gasteiger partial charge in [0.2, 0.25) is 0 Å². The number of piperidine rings is 1. The monoisotopic (exact) mass is 257 g/mol. The van der Waals surface area contributed by atoms with Crippen LogP contribution in [0, 0.1) is 5.92 Å². The van der Waals surface area contributed by atoms with Crippen LogP contribution in [-0.2, 0) is 9.53 Å². The number of aliphatic hydroxyl groups excluding tert-OH is 1. The molecule has 18 heavy (non-hydrogen) atoms. The molecule has 1 aliphatic rings. The molecule has 0 aromatic rings. The molecule has 1 rings (SSSR count). The Morgan fingerprint density at radius 2 is 2.06 bits per heavy atom. The number of hydrogen-bond acceptors (Lipinski definition) is 4. The van der Waals surface area contributed by atoms with Crippen molar-refractivity contribution in [1.29, 1.82) is 0 Å². The maximum atomic E-state index is 11.2. The lowest BCUT2D eigenvalue weighted by atomic mass is 9.92. The highest BCUT2D eigenvalue weighted by Crippen LogP contribution is 2.21. The maximum Gasteiger partial charge on any atom is 0.308 e. The van der Waals surface area contributed by atoms with E-state index >= 15 is 0 Å². The number of hydrogen-bond donors (Lipinski definition) is 1. The Kier molecular flexibility index (Phi) is 7.28. The summed E-state index contributed by atoms with van der Waals surface area (Å²) >= 11 is 0. The van der Waals surface area contributed by atoms with Crippen molar-refractivity contribution in [2.75, 3.05) is 26.2 Å². The molecule has 1 saturated heterocycles. The number of carbonyl (C=O) groups excluding carboxylic acids is 1. The Labute approximate surface area is 110 Å². The van der Waals surface area contributed by atoms with Gasteiger partial charge in [-0.15, -0.1) is 0 Å².